The number of nitrogens with one attached hydrogen (secondary N) is 1. The van der Waals surface area contributed by atoms with Gasteiger partial charge in [0, 0.05) is 12.6 Å². The predicted octanol–water partition coefficient (Wildman–Crippen LogP) is 2.84. The van der Waals surface area contributed by atoms with Gasteiger partial charge in [-0.15, -0.1) is 10.2 Å². The molecule has 15 heavy (non-hydrogen) atoms. The first-order chi connectivity index (χ1) is 7.31. The summed E-state index contributed by atoms with van der Waals surface area (Å²) in [5, 5.41) is 11.5. The van der Waals surface area contributed by atoms with Crippen LogP contribution in [0, 0.1) is 0 Å². The predicted molar refractivity (Wildman–Crippen MR) is 62.0 cm³/mol. The van der Waals surface area contributed by atoms with Crippen LogP contribution in [0.2, 0.25) is 5.02 Å². The molecule has 0 aliphatic carbocycles. The van der Waals surface area contributed by atoms with Crippen molar-refractivity contribution in [2.24, 2.45) is 0 Å². The molecule has 4 heteroatoms. The van der Waals surface area contributed by atoms with Gasteiger partial charge in [0.25, 0.3) is 0 Å². The molecule has 1 heterocycles. The normalized spacial score (nSPS) is 10.0. The topological polar surface area (TPSA) is 37.8 Å². The zero-order valence-electron chi connectivity index (χ0n) is 8.24. The van der Waals surface area contributed by atoms with E-state index in [0.29, 0.717) is 10.8 Å². The fraction of sp³-hybridized carbons (Fsp3) is 0.0909. The van der Waals surface area contributed by atoms with Crippen molar-refractivity contribution < 1.29 is 0 Å². The lowest BCUT2D eigenvalue weighted by Gasteiger charge is -2.03. The van der Waals surface area contributed by atoms with Gasteiger partial charge in [0.1, 0.15) is 0 Å². The second kappa shape index (κ2) is 4.28. The van der Waals surface area contributed by atoms with Gasteiger partial charge < -0.3 is 5.32 Å². The summed E-state index contributed by atoms with van der Waals surface area (Å²) in [4.78, 5) is 0. The van der Waals surface area contributed by atoms with Crippen LogP contribution < -0.4 is 5.32 Å². The average Bonchev–Trinajstić information content (AvgIpc) is 2.30. The molecule has 2 aromatic rings. The Hall–Kier alpha value is -1.61. The highest BCUT2D eigenvalue weighted by Gasteiger charge is 2.04. The number of aromatic nitrogens is 2. The SMILES string of the molecule is CNc1nnc(-c2ccccc2)cc1Cl. The molecule has 0 radical (unpaired) electrons. The van der Waals surface area contributed by atoms with Crippen LogP contribution in [0.5, 0.6) is 0 Å². The highest BCUT2D eigenvalue weighted by atomic mass is 35.5. The minimum atomic E-state index is 0.575. The molecule has 0 saturated heterocycles. The largest absolute Gasteiger partial charge is 0.370 e. The van der Waals surface area contributed by atoms with Crippen molar-refractivity contribution in [2.75, 3.05) is 12.4 Å². The fourth-order valence-electron chi connectivity index (χ4n) is 1.29. The molecule has 76 valence electrons. The van der Waals surface area contributed by atoms with Gasteiger partial charge in [0.15, 0.2) is 5.82 Å². The van der Waals surface area contributed by atoms with Crippen LogP contribution >= 0.6 is 11.6 Å². The van der Waals surface area contributed by atoms with Gasteiger partial charge in [-0.1, -0.05) is 41.9 Å². The van der Waals surface area contributed by atoms with Crippen LogP contribution in [0.1, 0.15) is 0 Å². The van der Waals surface area contributed by atoms with Crippen LogP contribution in [0.4, 0.5) is 5.82 Å². The maximum atomic E-state index is 6.01. The van der Waals surface area contributed by atoms with Crippen molar-refractivity contribution in [1.82, 2.24) is 10.2 Å². The average molecular weight is 220 g/mol. The summed E-state index contributed by atoms with van der Waals surface area (Å²) in [5.41, 5.74) is 1.79. The summed E-state index contributed by atoms with van der Waals surface area (Å²) in [6.45, 7) is 0. The molecule has 0 amide bonds. The zero-order valence-corrected chi connectivity index (χ0v) is 8.99. The van der Waals surface area contributed by atoms with E-state index in [1.165, 1.54) is 0 Å². The molecule has 0 aliphatic heterocycles. The minimum absolute atomic E-state index is 0.575. The molecule has 0 fully saturated rings. The Morgan fingerprint density at radius 1 is 1.13 bits per heavy atom. The number of halogens is 1. The maximum Gasteiger partial charge on any atom is 0.167 e. The smallest absolute Gasteiger partial charge is 0.167 e. The summed E-state index contributed by atoms with van der Waals surface area (Å²) in [6.07, 6.45) is 0. The van der Waals surface area contributed by atoms with Crippen molar-refractivity contribution in [3.63, 3.8) is 0 Å². The Balaban J connectivity index is 2.43. The first-order valence-corrected chi connectivity index (χ1v) is 4.95. The van der Waals surface area contributed by atoms with Gasteiger partial charge in [-0.3, -0.25) is 0 Å². The van der Waals surface area contributed by atoms with Gasteiger partial charge in [0.05, 0.1) is 10.7 Å². The van der Waals surface area contributed by atoms with Gasteiger partial charge in [-0.25, -0.2) is 0 Å². The molecular weight excluding hydrogens is 210 g/mol. The summed E-state index contributed by atoms with van der Waals surface area (Å²) < 4.78 is 0. The van der Waals surface area contributed by atoms with Crippen LogP contribution in [0.15, 0.2) is 36.4 Å². The molecule has 1 N–H and O–H groups in total. The Morgan fingerprint density at radius 2 is 1.87 bits per heavy atom. The molecule has 0 atom stereocenters. The number of hydrogen-bond donors (Lipinski definition) is 1. The molecular formula is C11H10ClN3. The Kier molecular flexibility index (Phi) is 2.83. The molecule has 2 rings (SSSR count). The molecule has 0 saturated carbocycles. The lowest BCUT2D eigenvalue weighted by atomic mass is 10.1. The number of nitrogens with zero attached hydrogens (tertiary/aromatic N) is 2. The molecule has 1 aromatic heterocycles. The third-order valence-electron chi connectivity index (χ3n) is 2.05. The van der Waals surface area contributed by atoms with Crippen molar-refractivity contribution in [2.45, 2.75) is 0 Å². The highest BCUT2D eigenvalue weighted by molar-refractivity contribution is 6.33. The zero-order chi connectivity index (χ0) is 10.7. The van der Waals surface area contributed by atoms with Crippen molar-refractivity contribution in [3.05, 3.63) is 41.4 Å². The Bertz CT molecular complexity index is 457. The van der Waals surface area contributed by atoms with Gasteiger partial charge in [-0.2, -0.15) is 0 Å². The van der Waals surface area contributed by atoms with Crippen molar-refractivity contribution >= 4 is 17.4 Å². The van der Waals surface area contributed by atoms with E-state index in [-0.39, 0.29) is 0 Å². The third-order valence-corrected chi connectivity index (χ3v) is 2.34. The van der Waals surface area contributed by atoms with Crippen LogP contribution in [0.25, 0.3) is 11.3 Å². The van der Waals surface area contributed by atoms with E-state index in [2.05, 4.69) is 15.5 Å². The Labute approximate surface area is 93.1 Å². The maximum absolute atomic E-state index is 6.01. The van der Waals surface area contributed by atoms with E-state index in [4.69, 9.17) is 11.6 Å². The first-order valence-electron chi connectivity index (χ1n) is 4.57. The van der Waals surface area contributed by atoms with Gasteiger partial charge in [0.2, 0.25) is 0 Å². The molecule has 3 nitrogen and oxygen atoms in total. The number of hydrogen-bond acceptors (Lipinski definition) is 3. The Morgan fingerprint density at radius 3 is 2.47 bits per heavy atom. The van der Waals surface area contributed by atoms with Crippen LogP contribution in [0.3, 0.4) is 0 Å². The quantitative estimate of drug-likeness (QED) is 0.844. The highest BCUT2D eigenvalue weighted by Crippen LogP contribution is 2.23. The second-order valence-electron chi connectivity index (χ2n) is 3.04. The lowest BCUT2D eigenvalue weighted by molar-refractivity contribution is 1.04. The van der Waals surface area contributed by atoms with E-state index in [9.17, 15) is 0 Å². The summed E-state index contributed by atoms with van der Waals surface area (Å²) in [6, 6.07) is 11.6. The molecule has 1 aromatic carbocycles. The van der Waals surface area contributed by atoms with Crippen molar-refractivity contribution in [3.8, 4) is 11.3 Å². The van der Waals surface area contributed by atoms with E-state index in [0.717, 1.165) is 11.3 Å². The van der Waals surface area contributed by atoms with Gasteiger partial charge >= 0.3 is 0 Å². The van der Waals surface area contributed by atoms with E-state index >= 15 is 0 Å². The van der Waals surface area contributed by atoms with E-state index in [1.54, 1.807) is 13.1 Å². The molecule has 0 unspecified atom stereocenters. The monoisotopic (exact) mass is 219 g/mol. The fourth-order valence-corrected chi connectivity index (χ4v) is 1.52. The van der Waals surface area contributed by atoms with E-state index < -0.39 is 0 Å². The summed E-state index contributed by atoms with van der Waals surface area (Å²) in [7, 11) is 1.76. The third kappa shape index (κ3) is 2.07. The molecule has 0 bridgehead atoms. The van der Waals surface area contributed by atoms with Crippen LogP contribution in [-0.2, 0) is 0 Å². The number of rotatable bonds is 2. The molecule has 0 spiro atoms. The van der Waals surface area contributed by atoms with Crippen LogP contribution in [-0.4, -0.2) is 17.2 Å². The summed E-state index contributed by atoms with van der Waals surface area (Å²) >= 11 is 6.01. The van der Waals surface area contributed by atoms with E-state index in [1.807, 2.05) is 30.3 Å². The summed E-state index contributed by atoms with van der Waals surface area (Å²) in [5.74, 6) is 0.594. The second-order valence-corrected chi connectivity index (χ2v) is 3.45. The minimum Gasteiger partial charge on any atom is -0.370 e. The number of benzene rings is 1. The van der Waals surface area contributed by atoms with Crippen molar-refractivity contribution in [1.29, 1.82) is 0 Å². The van der Waals surface area contributed by atoms with Gasteiger partial charge in [-0.05, 0) is 6.07 Å². The lowest BCUT2D eigenvalue weighted by Crippen LogP contribution is -1.96. The number of anilines is 1. The molecule has 0 aliphatic rings. The first kappa shape index (κ1) is 9.93. The standard InChI is InChI=1S/C11H10ClN3/c1-13-11-9(12)7-10(14-15-11)8-5-3-2-4-6-8/h2-7H,1H3,(H,13,15).